The van der Waals surface area contributed by atoms with Crippen LogP contribution in [0.4, 0.5) is 0 Å². The number of nitrogens with one attached hydrogen (secondary N) is 1. The molecule has 0 radical (unpaired) electrons. The van der Waals surface area contributed by atoms with E-state index >= 15 is 0 Å². The van der Waals surface area contributed by atoms with Crippen LogP contribution < -0.4 is 5.32 Å². The number of hydrogen-bond acceptors (Lipinski definition) is 5. The molecule has 6 heteroatoms. The van der Waals surface area contributed by atoms with Gasteiger partial charge in [0.2, 0.25) is 0 Å². The third-order valence-corrected chi connectivity index (χ3v) is 2.62. The molecule has 1 atom stereocenters. The summed E-state index contributed by atoms with van der Waals surface area (Å²) in [5.41, 5.74) is 0. The van der Waals surface area contributed by atoms with Crippen LogP contribution in [0.15, 0.2) is 0 Å². The lowest BCUT2D eigenvalue weighted by Crippen LogP contribution is -2.23. The molecular formula is C11H23N5O. The summed E-state index contributed by atoms with van der Waals surface area (Å²) < 4.78 is 6.90. The zero-order chi connectivity index (χ0) is 12.5. The second-order valence-corrected chi connectivity index (χ2v) is 4.14. The van der Waals surface area contributed by atoms with Crippen LogP contribution >= 0.6 is 0 Å². The Balaban J connectivity index is 2.41. The Hall–Kier alpha value is -1.01. The van der Waals surface area contributed by atoms with Gasteiger partial charge in [-0.3, -0.25) is 0 Å². The fourth-order valence-corrected chi connectivity index (χ4v) is 1.64. The molecule has 1 unspecified atom stereocenters. The first-order valence-electron chi connectivity index (χ1n) is 6.28. The van der Waals surface area contributed by atoms with Crippen molar-refractivity contribution in [2.45, 2.75) is 45.7 Å². The van der Waals surface area contributed by atoms with Gasteiger partial charge in [0.1, 0.15) is 0 Å². The predicted octanol–water partition coefficient (Wildman–Crippen LogP) is 1.16. The molecule has 0 aliphatic rings. The van der Waals surface area contributed by atoms with Crippen molar-refractivity contribution in [1.82, 2.24) is 25.5 Å². The molecule has 0 aliphatic heterocycles. The zero-order valence-corrected chi connectivity index (χ0v) is 11.0. The van der Waals surface area contributed by atoms with Crippen LogP contribution in [0, 0.1) is 0 Å². The number of aryl methyl sites for hydroxylation is 1. The van der Waals surface area contributed by atoms with Crippen LogP contribution in [0.1, 0.15) is 45.0 Å². The quantitative estimate of drug-likeness (QED) is 0.657. The van der Waals surface area contributed by atoms with Gasteiger partial charge in [0.15, 0.2) is 5.82 Å². The summed E-state index contributed by atoms with van der Waals surface area (Å²) in [5.74, 6) is 0.913. The number of aromatic nitrogens is 4. The zero-order valence-electron chi connectivity index (χ0n) is 11.0. The van der Waals surface area contributed by atoms with E-state index in [1.54, 1.807) is 7.11 Å². The summed E-state index contributed by atoms with van der Waals surface area (Å²) in [7, 11) is 1.72. The largest absolute Gasteiger partial charge is 0.385 e. The molecule has 17 heavy (non-hydrogen) atoms. The molecule has 0 amide bonds. The van der Waals surface area contributed by atoms with Gasteiger partial charge in [-0.2, -0.15) is 0 Å². The summed E-state index contributed by atoms with van der Waals surface area (Å²) in [6.45, 7) is 6.86. The second-order valence-electron chi connectivity index (χ2n) is 4.14. The number of unbranched alkanes of at least 4 members (excludes halogenated alkanes) is 1. The Bertz CT molecular complexity index is 302. The van der Waals surface area contributed by atoms with E-state index in [0.717, 1.165) is 44.8 Å². The first-order chi connectivity index (χ1) is 8.29. The Morgan fingerprint density at radius 1 is 1.41 bits per heavy atom. The Morgan fingerprint density at radius 2 is 2.24 bits per heavy atom. The number of tetrazole rings is 1. The van der Waals surface area contributed by atoms with Gasteiger partial charge >= 0.3 is 0 Å². The van der Waals surface area contributed by atoms with Crippen LogP contribution in [-0.4, -0.2) is 40.5 Å². The van der Waals surface area contributed by atoms with E-state index in [1.165, 1.54) is 0 Å². The number of ether oxygens (including phenoxy) is 1. The molecule has 0 saturated heterocycles. The molecule has 0 aromatic carbocycles. The SMILES string of the molecule is CCCNC(C)c1nnnn1CCCCOC. The van der Waals surface area contributed by atoms with Gasteiger partial charge < -0.3 is 10.1 Å². The van der Waals surface area contributed by atoms with Gasteiger partial charge in [-0.1, -0.05) is 6.92 Å². The maximum Gasteiger partial charge on any atom is 0.167 e. The fraction of sp³-hybridized carbons (Fsp3) is 0.909. The molecule has 0 saturated carbocycles. The van der Waals surface area contributed by atoms with E-state index in [4.69, 9.17) is 4.74 Å². The van der Waals surface area contributed by atoms with Crippen LogP contribution in [0.5, 0.6) is 0 Å². The summed E-state index contributed by atoms with van der Waals surface area (Å²) in [5, 5.41) is 15.2. The standard InChI is InChI=1S/C11H23N5O/c1-4-7-12-10(2)11-13-14-15-16(11)8-5-6-9-17-3/h10,12H,4-9H2,1-3H3. The van der Waals surface area contributed by atoms with E-state index in [-0.39, 0.29) is 6.04 Å². The Labute approximate surface area is 103 Å². The van der Waals surface area contributed by atoms with Crippen molar-refractivity contribution in [2.24, 2.45) is 0 Å². The Morgan fingerprint density at radius 3 is 2.94 bits per heavy atom. The van der Waals surface area contributed by atoms with Crippen molar-refractivity contribution < 1.29 is 4.74 Å². The lowest BCUT2D eigenvalue weighted by atomic mass is 10.3. The van der Waals surface area contributed by atoms with Crippen molar-refractivity contribution in [2.75, 3.05) is 20.3 Å². The number of nitrogens with zero attached hydrogens (tertiary/aromatic N) is 4. The molecule has 1 rings (SSSR count). The third-order valence-electron chi connectivity index (χ3n) is 2.62. The average molecular weight is 241 g/mol. The Kier molecular flexibility index (Phi) is 6.73. The second kappa shape index (κ2) is 8.14. The maximum atomic E-state index is 5.02. The van der Waals surface area contributed by atoms with Crippen LogP contribution in [0.3, 0.4) is 0 Å². The van der Waals surface area contributed by atoms with E-state index in [1.807, 2.05) is 4.68 Å². The van der Waals surface area contributed by atoms with E-state index in [2.05, 4.69) is 34.7 Å². The summed E-state index contributed by atoms with van der Waals surface area (Å²) >= 11 is 0. The number of methoxy groups -OCH3 is 1. The first-order valence-corrected chi connectivity index (χ1v) is 6.28. The molecule has 1 aromatic heterocycles. The van der Waals surface area contributed by atoms with Gasteiger partial charge in [-0.15, -0.1) is 5.10 Å². The molecule has 6 nitrogen and oxygen atoms in total. The normalized spacial score (nSPS) is 12.9. The molecule has 0 fully saturated rings. The molecule has 1 N–H and O–H groups in total. The van der Waals surface area contributed by atoms with Crippen molar-refractivity contribution in [1.29, 1.82) is 0 Å². The third kappa shape index (κ3) is 4.79. The molecule has 1 heterocycles. The number of hydrogen-bond donors (Lipinski definition) is 1. The monoisotopic (exact) mass is 241 g/mol. The minimum Gasteiger partial charge on any atom is -0.385 e. The number of rotatable bonds is 9. The minimum atomic E-state index is 0.201. The van der Waals surface area contributed by atoms with Gasteiger partial charge in [0, 0.05) is 20.3 Å². The average Bonchev–Trinajstić information content (AvgIpc) is 2.80. The van der Waals surface area contributed by atoms with E-state index < -0.39 is 0 Å². The van der Waals surface area contributed by atoms with Gasteiger partial charge in [0.05, 0.1) is 6.04 Å². The molecule has 98 valence electrons. The van der Waals surface area contributed by atoms with Crippen molar-refractivity contribution in [3.05, 3.63) is 5.82 Å². The molecule has 0 spiro atoms. The summed E-state index contributed by atoms with van der Waals surface area (Å²) in [4.78, 5) is 0. The van der Waals surface area contributed by atoms with E-state index in [9.17, 15) is 0 Å². The highest BCUT2D eigenvalue weighted by molar-refractivity contribution is 4.89. The predicted molar refractivity (Wildman–Crippen MR) is 65.6 cm³/mol. The summed E-state index contributed by atoms with van der Waals surface area (Å²) in [6.07, 6.45) is 3.18. The summed E-state index contributed by atoms with van der Waals surface area (Å²) in [6, 6.07) is 0.201. The highest BCUT2D eigenvalue weighted by atomic mass is 16.5. The molecule has 0 aliphatic carbocycles. The van der Waals surface area contributed by atoms with Crippen LogP contribution in [0.25, 0.3) is 0 Å². The van der Waals surface area contributed by atoms with Crippen LogP contribution in [-0.2, 0) is 11.3 Å². The molecule has 0 bridgehead atoms. The smallest absolute Gasteiger partial charge is 0.167 e. The van der Waals surface area contributed by atoms with Crippen LogP contribution in [0.2, 0.25) is 0 Å². The minimum absolute atomic E-state index is 0.201. The van der Waals surface area contributed by atoms with Gasteiger partial charge in [-0.25, -0.2) is 4.68 Å². The van der Waals surface area contributed by atoms with E-state index in [0.29, 0.717) is 0 Å². The highest BCUT2D eigenvalue weighted by Crippen LogP contribution is 2.08. The van der Waals surface area contributed by atoms with Gasteiger partial charge in [0.25, 0.3) is 0 Å². The maximum absolute atomic E-state index is 5.02. The fourth-order valence-electron chi connectivity index (χ4n) is 1.64. The molecular weight excluding hydrogens is 218 g/mol. The highest BCUT2D eigenvalue weighted by Gasteiger charge is 2.12. The topological polar surface area (TPSA) is 64.9 Å². The van der Waals surface area contributed by atoms with Gasteiger partial charge in [-0.05, 0) is 43.2 Å². The van der Waals surface area contributed by atoms with Crippen molar-refractivity contribution in [3.63, 3.8) is 0 Å². The van der Waals surface area contributed by atoms with Crippen molar-refractivity contribution in [3.8, 4) is 0 Å². The first kappa shape index (κ1) is 14.1. The lowest BCUT2D eigenvalue weighted by Gasteiger charge is -2.12. The lowest BCUT2D eigenvalue weighted by molar-refractivity contribution is 0.190. The van der Waals surface area contributed by atoms with Crippen molar-refractivity contribution >= 4 is 0 Å². The molecule has 1 aromatic rings.